The van der Waals surface area contributed by atoms with E-state index in [0.717, 1.165) is 4.47 Å². The Balaban J connectivity index is 2.05. The monoisotopic (exact) mass is 434 g/mol. The van der Waals surface area contributed by atoms with E-state index in [9.17, 15) is 9.36 Å². The minimum Gasteiger partial charge on any atom is -0.482 e. The van der Waals surface area contributed by atoms with Crippen LogP contribution < -0.4 is 4.74 Å². The van der Waals surface area contributed by atoms with Gasteiger partial charge >= 0.3 is 13.6 Å². The lowest BCUT2D eigenvalue weighted by molar-refractivity contribution is -0.148. The van der Waals surface area contributed by atoms with E-state index in [2.05, 4.69) is 15.9 Å². The van der Waals surface area contributed by atoms with Crippen LogP contribution in [0.1, 0.15) is 10.7 Å². The fourth-order valence-electron chi connectivity index (χ4n) is 1.81. The van der Waals surface area contributed by atoms with Gasteiger partial charge in [0.2, 0.25) is 5.85 Å². The lowest BCUT2D eigenvalue weighted by Crippen LogP contribution is -2.19. The van der Waals surface area contributed by atoms with E-state index in [1.165, 1.54) is 25.6 Å². The van der Waals surface area contributed by atoms with Crippen LogP contribution in [0.3, 0.4) is 0 Å². The Morgan fingerprint density at radius 2 is 1.88 bits per heavy atom. The predicted molar refractivity (Wildman–Crippen MR) is 94.4 cm³/mol. The van der Waals surface area contributed by atoms with Crippen molar-refractivity contribution in [2.75, 3.05) is 20.8 Å². The van der Waals surface area contributed by atoms with Gasteiger partial charge in [-0.1, -0.05) is 22.0 Å². The summed E-state index contributed by atoms with van der Waals surface area (Å²) in [4.78, 5) is 12.7. The van der Waals surface area contributed by atoms with Gasteiger partial charge in [0.15, 0.2) is 6.61 Å². The maximum absolute atomic E-state index is 12.6. The molecule has 1 heterocycles. The molecule has 1 aromatic heterocycles. The van der Waals surface area contributed by atoms with Crippen LogP contribution in [-0.4, -0.2) is 26.8 Å². The molecule has 24 heavy (non-hydrogen) atoms. The van der Waals surface area contributed by atoms with Crippen molar-refractivity contribution in [3.8, 4) is 5.75 Å². The Morgan fingerprint density at radius 1 is 1.21 bits per heavy atom. The average Bonchev–Trinajstić information content (AvgIpc) is 3.12. The number of carbonyl (C=O) groups is 1. The first-order valence-electron chi connectivity index (χ1n) is 6.81. The standard InChI is InChI=1S/C15H16BrO6PS/c1-19-23(18,20-2)15(13-4-3-9-24-13)22-14(17)10-21-12-7-5-11(16)6-8-12/h3-9,15H,10H2,1-2H3. The van der Waals surface area contributed by atoms with Crippen LogP contribution in [0.2, 0.25) is 0 Å². The lowest BCUT2D eigenvalue weighted by Gasteiger charge is -2.23. The summed E-state index contributed by atoms with van der Waals surface area (Å²) in [6, 6.07) is 10.5. The quantitative estimate of drug-likeness (QED) is 0.445. The van der Waals surface area contributed by atoms with E-state index in [1.54, 1.807) is 41.8 Å². The third-order valence-corrected chi connectivity index (χ3v) is 6.59. The van der Waals surface area contributed by atoms with Crippen LogP contribution in [0.5, 0.6) is 5.75 Å². The molecule has 0 amide bonds. The highest BCUT2D eigenvalue weighted by Gasteiger charge is 2.39. The van der Waals surface area contributed by atoms with Crippen LogP contribution in [0.4, 0.5) is 0 Å². The first-order valence-corrected chi connectivity index (χ1v) is 10.1. The maximum Gasteiger partial charge on any atom is 0.375 e. The summed E-state index contributed by atoms with van der Waals surface area (Å²) in [7, 11) is -1.14. The fraction of sp³-hybridized carbons (Fsp3) is 0.267. The molecule has 0 aliphatic carbocycles. The molecule has 1 unspecified atom stereocenters. The van der Waals surface area contributed by atoms with Crippen LogP contribution in [0.25, 0.3) is 0 Å². The van der Waals surface area contributed by atoms with Gasteiger partial charge in [0.1, 0.15) is 5.75 Å². The molecule has 0 spiro atoms. The van der Waals surface area contributed by atoms with E-state index in [4.69, 9.17) is 18.5 Å². The molecule has 0 aliphatic rings. The number of hydrogen-bond donors (Lipinski definition) is 0. The molecule has 0 saturated carbocycles. The van der Waals surface area contributed by atoms with Crippen molar-refractivity contribution in [3.63, 3.8) is 0 Å². The molecule has 0 radical (unpaired) electrons. The van der Waals surface area contributed by atoms with E-state index in [-0.39, 0.29) is 6.61 Å². The number of hydrogen-bond acceptors (Lipinski definition) is 7. The first-order chi connectivity index (χ1) is 11.5. The smallest absolute Gasteiger partial charge is 0.375 e. The Hall–Kier alpha value is -1.18. The van der Waals surface area contributed by atoms with Crippen LogP contribution in [-0.2, 0) is 23.1 Å². The van der Waals surface area contributed by atoms with Crippen molar-refractivity contribution < 1.29 is 27.9 Å². The molecular weight excluding hydrogens is 419 g/mol. The number of halogens is 1. The van der Waals surface area contributed by atoms with Crippen molar-refractivity contribution in [2.24, 2.45) is 0 Å². The summed E-state index contributed by atoms with van der Waals surface area (Å²) in [5.41, 5.74) is 0. The second kappa shape index (κ2) is 8.78. The van der Waals surface area contributed by atoms with Crippen LogP contribution in [0, 0.1) is 0 Å². The number of carbonyl (C=O) groups excluding carboxylic acids is 1. The Bertz CT molecular complexity index is 695. The summed E-state index contributed by atoms with van der Waals surface area (Å²) in [5.74, 6) is -1.29. The van der Waals surface area contributed by atoms with E-state index in [0.29, 0.717) is 10.6 Å². The minimum absolute atomic E-state index is 0.322. The third kappa shape index (κ3) is 4.91. The molecular formula is C15H16BrO6PS. The second-order valence-electron chi connectivity index (χ2n) is 4.51. The van der Waals surface area contributed by atoms with Gasteiger partial charge in [-0.25, -0.2) is 4.79 Å². The van der Waals surface area contributed by atoms with Gasteiger partial charge in [-0.15, -0.1) is 11.3 Å². The zero-order valence-electron chi connectivity index (χ0n) is 13.0. The van der Waals surface area contributed by atoms with Crippen LogP contribution >= 0.6 is 34.9 Å². The molecule has 9 heteroatoms. The van der Waals surface area contributed by atoms with Crippen molar-refractivity contribution in [3.05, 3.63) is 51.1 Å². The van der Waals surface area contributed by atoms with Crippen molar-refractivity contribution in [1.82, 2.24) is 0 Å². The van der Waals surface area contributed by atoms with Crippen LogP contribution in [0.15, 0.2) is 46.3 Å². The summed E-state index contributed by atoms with van der Waals surface area (Å²) < 4.78 is 34.1. The van der Waals surface area contributed by atoms with E-state index >= 15 is 0 Å². The molecule has 0 saturated heterocycles. The van der Waals surface area contributed by atoms with Gasteiger partial charge in [-0.05, 0) is 35.7 Å². The zero-order chi connectivity index (χ0) is 17.6. The third-order valence-electron chi connectivity index (χ3n) is 3.00. The van der Waals surface area contributed by atoms with Crippen molar-refractivity contribution >= 4 is 40.8 Å². The maximum atomic E-state index is 12.6. The Kier molecular flexibility index (Phi) is 7.01. The molecule has 2 aromatic rings. The Morgan fingerprint density at radius 3 is 2.42 bits per heavy atom. The van der Waals surface area contributed by atoms with E-state index < -0.39 is 19.4 Å². The summed E-state index contributed by atoms with van der Waals surface area (Å²) in [5, 5.41) is 1.78. The number of rotatable bonds is 8. The normalized spacial score (nSPS) is 12.6. The molecule has 0 N–H and O–H groups in total. The van der Waals surface area contributed by atoms with Gasteiger partial charge < -0.3 is 18.5 Å². The summed E-state index contributed by atoms with van der Waals surface area (Å²) in [6.07, 6.45) is 0. The van der Waals surface area contributed by atoms with E-state index in [1.807, 2.05) is 0 Å². The fourth-order valence-corrected chi connectivity index (χ4v) is 4.45. The number of benzene rings is 1. The Labute approximate surface area is 152 Å². The molecule has 130 valence electrons. The van der Waals surface area contributed by atoms with Crippen molar-refractivity contribution in [2.45, 2.75) is 5.85 Å². The highest BCUT2D eigenvalue weighted by molar-refractivity contribution is 9.10. The second-order valence-corrected chi connectivity index (χ2v) is 8.68. The van der Waals surface area contributed by atoms with Crippen molar-refractivity contribution in [1.29, 1.82) is 0 Å². The largest absolute Gasteiger partial charge is 0.482 e. The minimum atomic E-state index is -3.63. The van der Waals surface area contributed by atoms with Gasteiger partial charge in [-0.3, -0.25) is 4.57 Å². The highest BCUT2D eigenvalue weighted by atomic mass is 79.9. The highest BCUT2D eigenvalue weighted by Crippen LogP contribution is 2.61. The SMILES string of the molecule is COP(=O)(OC)C(OC(=O)COc1ccc(Br)cc1)c1cccs1. The topological polar surface area (TPSA) is 71.1 Å². The zero-order valence-corrected chi connectivity index (χ0v) is 16.3. The molecule has 0 fully saturated rings. The number of thiophene rings is 1. The number of esters is 1. The molecule has 6 nitrogen and oxygen atoms in total. The summed E-state index contributed by atoms with van der Waals surface area (Å²) >= 11 is 4.60. The average molecular weight is 435 g/mol. The van der Waals surface area contributed by atoms with Gasteiger partial charge in [0.05, 0.1) is 4.88 Å². The first kappa shape index (κ1) is 19.1. The lowest BCUT2D eigenvalue weighted by atomic mass is 10.3. The molecule has 1 aromatic carbocycles. The predicted octanol–water partition coefficient (Wildman–Crippen LogP) is 4.62. The molecule has 1 atom stereocenters. The molecule has 0 aliphatic heterocycles. The van der Waals surface area contributed by atoms with Gasteiger partial charge in [0.25, 0.3) is 0 Å². The van der Waals surface area contributed by atoms with Gasteiger partial charge in [0, 0.05) is 18.7 Å². The summed E-state index contributed by atoms with van der Waals surface area (Å²) in [6.45, 7) is -0.322. The van der Waals surface area contributed by atoms with Gasteiger partial charge in [-0.2, -0.15) is 0 Å². The molecule has 0 bridgehead atoms. The molecule has 2 rings (SSSR count). The number of ether oxygens (including phenoxy) is 2.